The highest BCUT2D eigenvalue weighted by Crippen LogP contribution is 2.31. The first kappa shape index (κ1) is 26.0. The zero-order chi connectivity index (χ0) is 26.0. The molecule has 1 aliphatic rings. The number of rotatable bonds is 7. The lowest BCUT2D eigenvalue weighted by Crippen LogP contribution is -2.30. The van der Waals surface area contributed by atoms with Gasteiger partial charge in [-0.05, 0) is 45.5 Å². The summed E-state index contributed by atoms with van der Waals surface area (Å²) in [6, 6.07) is 4.31. The van der Waals surface area contributed by atoms with Crippen LogP contribution in [0.3, 0.4) is 0 Å². The predicted molar refractivity (Wildman–Crippen MR) is 127 cm³/mol. The third kappa shape index (κ3) is 6.16. The molecule has 12 heteroatoms. The molecule has 3 atom stereocenters. The Balaban J connectivity index is 1.53. The van der Waals surface area contributed by atoms with E-state index in [1.54, 1.807) is 31.3 Å². The Kier molecular flexibility index (Phi) is 7.55. The maximum Gasteiger partial charge on any atom is 0.451 e. The first-order valence-corrected chi connectivity index (χ1v) is 12.1. The number of alkyl halides is 4. The van der Waals surface area contributed by atoms with Crippen LogP contribution in [0.15, 0.2) is 36.8 Å². The van der Waals surface area contributed by atoms with Gasteiger partial charge in [0.25, 0.3) is 5.91 Å². The highest BCUT2D eigenvalue weighted by atomic mass is 32.1. The van der Waals surface area contributed by atoms with Gasteiger partial charge in [-0.2, -0.15) is 13.2 Å². The second-order valence-corrected chi connectivity index (χ2v) is 10.0. The van der Waals surface area contributed by atoms with Crippen molar-refractivity contribution in [3.8, 4) is 16.3 Å². The van der Waals surface area contributed by atoms with Crippen LogP contribution in [0.2, 0.25) is 0 Å². The number of nitrogens with one attached hydrogen (secondary N) is 1. The van der Waals surface area contributed by atoms with Crippen molar-refractivity contribution in [3.63, 3.8) is 0 Å². The molecule has 1 N–H and O–H groups in total. The van der Waals surface area contributed by atoms with E-state index >= 15 is 0 Å². The highest BCUT2D eigenvalue weighted by molar-refractivity contribution is 7.14. The molecule has 36 heavy (non-hydrogen) atoms. The number of nitrogens with zero attached hydrogens (tertiary/aromatic N) is 4. The first-order chi connectivity index (χ1) is 17.0. The SMILES string of the molecule is Cc1cnc(-c2cc(OCC3CC(F)CN3C)cc(C(=O)NC(C)c3cnc(C(F)(F)F)nc3)c2)s1. The number of hydrogen-bond donors (Lipinski definition) is 1. The molecule has 4 rings (SSSR count). The Morgan fingerprint density at radius 2 is 1.94 bits per heavy atom. The fourth-order valence-corrected chi connectivity index (χ4v) is 4.65. The smallest absolute Gasteiger partial charge is 0.451 e. The lowest BCUT2D eigenvalue weighted by molar-refractivity contribution is -0.145. The fraction of sp³-hybridized carbons (Fsp3) is 0.417. The summed E-state index contributed by atoms with van der Waals surface area (Å²) in [4.78, 5) is 27.1. The van der Waals surface area contributed by atoms with E-state index in [-0.39, 0.29) is 18.2 Å². The molecule has 3 unspecified atom stereocenters. The quantitative estimate of drug-likeness (QED) is 0.447. The molecular weight excluding hydrogens is 498 g/mol. The molecule has 1 saturated heterocycles. The van der Waals surface area contributed by atoms with E-state index in [0.717, 1.165) is 17.3 Å². The van der Waals surface area contributed by atoms with Crippen LogP contribution in [-0.4, -0.2) is 58.2 Å². The van der Waals surface area contributed by atoms with Gasteiger partial charge in [0.2, 0.25) is 5.82 Å². The fourth-order valence-electron chi connectivity index (χ4n) is 3.90. The molecule has 0 bridgehead atoms. The van der Waals surface area contributed by atoms with E-state index in [4.69, 9.17) is 4.74 Å². The number of ether oxygens (including phenoxy) is 1. The van der Waals surface area contributed by atoms with Crippen molar-refractivity contribution in [2.24, 2.45) is 0 Å². The third-order valence-electron chi connectivity index (χ3n) is 5.89. The third-order valence-corrected chi connectivity index (χ3v) is 6.85. The van der Waals surface area contributed by atoms with Gasteiger partial charge in [-0.25, -0.2) is 19.3 Å². The summed E-state index contributed by atoms with van der Waals surface area (Å²) >= 11 is 1.46. The zero-order valence-corrected chi connectivity index (χ0v) is 20.7. The van der Waals surface area contributed by atoms with Gasteiger partial charge >= 0.3 is 6.18 Å². The Morgan fingerprint density at radius 3 is 2.53 bits per heavy atom. The number of aromatic nitrogens is 3. The monoisotopic (exact) mass is 523 g/mol. The van der Waals surface area contributed by atoms with Crippen LogP contribution in [0, 0.1) is 6.92 Å². The number of amides is 1. The minimum atomic E-state index is -4.64. The van der Waals surface area contributed by atoms with Gasteiger partial charge < -0.3 is 10.1 Å². The van der Waals surface area contributed by atoms with Crippen molar-refractivity contribution < 1.29 is 27.1 Å². The lowest BCUT2D eigenvalue weighted by Gasteiger charge is -2.20. The van der Waals surface area contributed by atoms with Crippen molar-refractivity contribution >= 4 is 17.2 Å². The number of carbonyl (C=O) groups is 1. The summed E-state index contributed by atoms with van der Waals surface area (Å²) in [6.07, 6.45) is -1.35. The molecule has 0 radical (unpaired) electrons. The average molecular weight is 524 g/mol. The largest absolute Gasteiger partial charge is 0.492 e. The van der Waals surface area contributed by atoms with Crippen molar-refractivity contribution in [3.05, 3.63) is 58.6 Å². The standard InChI is InChI=1S/C24H25F4N5O2S/c1-13-8-29-22(36-13)16-4-15(5-20(6-16)35-12-19-7-18(25)11-33(19)3)21(34)32-14(2)17-9-30-23(31-10-17)24(26,27)28/h4-6,8-10,14,18-19H,7,11-12H2,1-3H3,(H,32,34). The number of likely N-dealkylation sites (tertiary alicyclic amines) is 1. The van der Waals surface area contributed by atoms with Gasteiger partial charge in [0.1, 0.15) is 23.5 Å². The van der Waals surface area contributed by atoms with Gasteiger partial charge in [-0.1, -0.05) is 0 Å². The van der Waals surface area contributed by atoms with Crippen LogP contribution in [0.5, 0.6) is 5.75 Å². The van der Waals surface area contributed by atoms with E-state index in [9.17, 15) is 22.4 Å². The molecule has 3 aromatic rings. The number of aryl methyl sites for hydroxylation is 1. The maximum atomic E-state index is 13.7. The molecular formula is C24H25F4N5O2S. The second kappa shape index (κ2) is 10.5. The van der Waals surface area contributed by atoms with Crippen LogP contribution in [-0.2, 0) is 6.18 Å². The minimum absolute atomic E-state index is 0.0808. The normalized spacial score (nSPS) is 19.3. The van der Waals surface area contributed by atoms with E-state index in [1.165, 1.54) is 11.3 Å². The summed E-state index contributed by atoms with van der Waals surface area (Å²) < 4.78 is 57.9. The summed E-state index contributed by atoms with van der Waals surface area (Å²) in [5.41, 5.74) is 1.30. The average Bonchev–Trinajstić information content (AvgIpc) is 3.41. The summed E-state index contributed by atoms with van der Waals surface area (Å²) in [5.74, 6) is -1.26. The van der Waals surface area contributed by atoms with Crippen molar-refractivity contribution in [2.75, 3.05) is 20.2 Å². The van der Waals surface area contributed by atoms with E-state index < -0.39 is 30.1 Å². The van der Waals surface area contributed by atoms with Crippen LogP contribution in [0.25, 0.3) is 10.6 Å². The van der Waals surface area contributed by atoms with Gasteiger partial charge in [-0.15, -0.1) is 11.3 Å². The van der Waals surface area contributed by atoms with E-state index in [0.29, 0.717) is 34.8 Å². The predicted octanol–water partition coefficient (Wildman–Crippen LogP) is 4.84. The Labute approximate surface area is 209 Å². The minimum Gasteiger partial charge on any atom is -0.492 e. The van der Waals surface area contributed by atoms with E-state index in [1.807, 2.05) is 18.9 Å². The number of thiazole rings is 1. The van der Waals surface area contributed by atoms with Gasteiger partial charge in [0.05, 0.1) is 6.04 Å². The van der Waals surface area contributed by atoms with Gasteiger partial charge in [0.15, 0.2) is 0 Å². The van der Waals surface area contributed by atoms with Crippen molar-refractivity contribution in [1.29, 1.82) is 0 Å². The highest BCUT2D eigenvalue weighted by Gasteiger charge is 2.34. The molecule has 1 fully saturated rings. The molecule has 0 spiro atoms. The van der Waals surface area contributed by atoms with Gasteiger partial charge in [-0.3, -0.25) is 9.69 Å². The Morgan fingerprint density at radius 1 is 1.22 bits per heavy atom. The number of benzene rings is 1. The maximum absolute atomic E-state index is 13.7. The van der Waals surface area contributed by atoms with Crippen molar-refractivity contribution in [1.82, 2.24) is 25.2 Å². The summed E-state index contributed by atoms with van der Waals surface area (Å²) in [5, 5.41) is 3.47. The summed E-state index contributed by atoms with van der Waals surface area (Å²) in [7, 11) is 1.84. The topological polar surface area (TPSA) is 80.2 Å². The number of carbonyl (C=O) groups excluding carboxylic acids is 1. The van der Waals surface area contributed by atoms with Crippen LogP contribution in [0.1, 0.15) is 46.0 Å². The Hall–Kier alpha value is -3.12. The van der Waals surface area contributed by atoms with Crippen LogP contribution in [0.4, 0.5) is 17.6 Å². The van der Waals surface area contributed by atoms with Crippen molar-refractivity contribution in [2.45, 2.75) is 44.7 Å². The zero-order valence-electron chi connectivity index (χ0n) is 19.8. The van der Waals surface area contributed by atoms with Crippen LogP contribution < -0.4 is 10.1 Å². The second-order valence-electron chi connectivity index (χ2n) is 8.79. The molecule has 3 heterocycles. The number of likely N-dealkylation sites (N-methyl/N-ethyl adjacent to an activating group) is 1. The summed E-state index contributed by atoms with van der Waals surface area (Å²) in [6.45, 7) is 4.16. The molecule has 1 aliphatic heterocycles. The molecule has 1 aromatic carbocycles. The lowest BCUT2D eigenvalue weighted by atomic mass is 10.1. The number of halogens is 4. The molecule has 192 valence electrons. The van der Waals surface area contributed by atoms with E-state index in [2.05, 4.69) is 20.3 Å². The van der Waals surface area contributed by atoms with Crippen LogP contribution >= 0.6 is 11.3 Å². The molecule has 0 saturated carbocycles. The molecule has 7 nitrogen and oxygen atoms in total. The molecule has 1 amide bonds. The Bertz CT molecular complexity index is 1220. The number of hydrogen-bond acceptors (Lipinski definition) is 7. The molecule has 0 aliphatic carbocycles. The first-order valence-electron chi connectivity index (χ1n) is 11.2. The molecule has 2 aromatic heterocycles. The van der Waals surface area contributed by atoms with Gasteiger partial charge in [0, 0.05) is 52.7 Å².